The van der Waals surface area contributed by atoms with Crippen LogP contribution in [0.5, 0.6) is 0 Å². The number of aryl methyl sites for hydroxylation is 1. The summed E-state index contributed by atoms with van der Waals surface area (Å²) in [6.45, 7) is 2.68. The van der Waals surface area contributed by atoms with Gasteiger partial charge in [0.2, 0.25) is 5.91 Å². The molecular weight excluding hydrogens is 154 g/mol. The number of carbonyl (C=O) groups is 1. The van der Waals surface area contributed by atoms with Crippen molar-refractivity contribution in [3.63, 3.8) is 0 Å². The van der Waals surface area contributed by atoms with Gasteiger partial charge in [-0.15, -0.1) is 0 Å². The number of hydrogen-bond acceptors (Lipinski definition) is 2. The lowest BCUT2D eigenvalue weighted by Crippen LogP contribution is -2.14. The molecular formula is C8H11N3O. The van der Waals surface area contributed by atoms with E-state index in [2.05, 4.69) is 10.3 Å². The molecule has 1 unspecified atom stereocenters. The number of aromatic nitrogens is 2. The maximum Gasteiger partial charge on any atom is 0.222 e. The molecule has 0 radical (unpaired) electrons. The van der Waals surface area contributed by atoms with Crippen molar-refractivity contribution in [1.82, 2.24) is 14.9 Å². The average Bonchev–Trinajstić information content (AvgIpc) is 2.58. The van der Waals surface area contributed by atoms with Crippen molar-refractivity contribution in [3.05, 3.63) is 18.2 Å². The second-order valence-corrected chi connectivity index (χ2v) is 3.12. The van der Waals surface area contributed by atoms with E-state index in [1.165, 1.54) is 0 Å². The van der Waals surface area contributed by atoms with Gasteiger partial charge in [-0.25, -0.2) is 4.98 Å². The van der Waals surface area contributed by atoms with E-state index in [4.69, 9.17) is 0 Å². The predicted octanol–water partition coefficient (Wildman–Crippen LogP) is 0.253. The zero-order chi connectivity index (χ0) is 8.55. The van der Waals surface area contributed by atoms with Gasteiger partial charge in [-0.05, 0) is 6.92 Å². The van der Waals surface area contributed by atoms with Crippen molar-refractivity contribution in [2.75, 3.05) is 6.54 Å². The molecule has 1 aromatic heterocycles. The molecule has 0 aliphatic carbocycles. The van der Waals surface area contributed by atoms with E-state index < -0.39 is 0 Å². The number of amides is 1. The van der Waals surface area contributed by atoms with Crippen LogP contribution in [0.3, 0.4) is 0 Å². The van der Waals surface area contributed by atoms with Crippen LogP contribution in [0, 0.1) is 6.92 Å². The summed E-state index contributed by atoms with van der Waals surface area (Å²) in [5.74, 6) is 0.131. The molecule has 2 heterocycles. The highest BCUT2D eigenvalue weighted by Gasteiger charge is 2.22. The maximum atomic E-state index is 10.9. The Morgan fingerprint density at radius 2 is 2.58 bits per heavy atom. The Morgan fingerprint density at radius 3 is 3.08 bits per heavy atom. The molecule has 2 rings (SSSR count). The summed E-state index contributed by atoms with van der Waals surface area (Å²) in [4.78, 5) is 15.0. The fourth-order valence-electron chi connectivity index (χ4n) is 1.44. The quantitative estimate of drug-likeness (QED) is 0.648. The summed E-state index contributed by atoms with van der Waals surface area (Å²) in [6.07, 6.45) is 4.32. The SMILES string of the molecule is Cc1cn(C2CNC(=O)C2)cn1. The van der Waals surface area contributed by atoms with Gasteiger partial charge < -0.3 is 9.88 Å². The highest BCUT2D eigenvalue weighted by molar-refractivity contribution is 5.78. The lowest BCUT2D eigenvalue weighted by molar-refractivity contribution is -0.119. The van der Waals surface area contributed by atoms with E-state index in [9.17, 15) is 4.79 Å². The third-order valence-electron chi connectivity index (χ3n) is 2.11. The van der Waals surface area contributed by atoms with E-state index in [1.54, 1.807) is 6.33 Å². The Labute approximate surface area is 70.6 Å². The molecule has 1 aliphatic heterocycles. The van der Waals surface area contributed by atoms with Crippen molar-refractivity contribution < 1.29 is 4.79 Å². The van der Waals surface area contributed by atoms with E-state index in [-0.39, 0.29) is 11.9 Å². The van der Waals surface area contributed by atoms with Crippen LogP contribution in [-0.2, 0) is 4.79 Å². The van der Waals surface area contributed by atoms with Crippen molar-refractivity contribution in [2.24, 2.45) is 0 Å². The van der Waals surface area contributed by atoms with Crippen LogP contribution < -0.4 is 5.32 Å². The Hall–Kier alpha value is -1.32. The fraction of sp³-hybridized carbons (Fsp3) is 0.500. The molecule has 64 valence electrons. The van der Waals surface area contributed by atoms with Gasteiger partial charge in [-0.2, -0.15) is 0 Å². The Kier molecular flexibility index (Phi) is 1.60. The molecule has 1 aliphatic rings. The monoisotopic (exact) mass is 165 g/mol. The van der Waals surface area contributed by atoms with Gasteiger partial charge in [0.1, 0.15) is 0 Å². The van der Waals surface area contributed by atoms with Crippen LogP contribution in [0.1, 0.15) is 18.2 Å². The van der Waals surface area contributed by atoms with Gasteiger partial charge in [-0.1, -0.05) is 0 Å². The number of imidazole rings is 1. The molecule has 1 saturated heterocycles. The van der Waals surface area contributed by atoms with Gasteiger partial charge in [-0.3, -0.25) is 4.79 Å². The average molecular weight is 165 g/mol. The molecule has 0 saturated carbocycles. The fourth-order valence-corrected chi connectivity index (χ4v) is 1.44. The van der Waals surface area contributed by atoms with E-state index in [1.807, 2.05) is 17.7 Å². The summed E-state index contributed by atoms with van der Waals surface area (Å²) in [6, 6.07) is 0.263. The smallest absolute Gasteiger partial charge is 0.222 e. The molecule has 4 heteroatoms. The minimum atomic E-state index is 0.131. The second kappa shape index (κ2) is 2.62. The van der Waals surface area contributed by atoms with Gasteiger partial charge >= 0.3 is 0 Å². The third kappa shape index (κ3) is 1.20. The molecule has 1 atom stereocenters. The van der Waals surface area contributed by atoms with E-state index in [0.717, 1.165) is 12.2 Å². The minimum Gasteiger partial charge on any atom is -0.354 e. The van der Waals surface area contributed by atoms with Crippen LogP contribution in [0.2, 0.25) is 0 Å². The first kappa shape index (κ1) is 7.34. The first-order valence-electron chi connectivity index (χ1n) is 4.02. The number of nitrogens with zero attached hydrogens (tertiary/aromatic N) is 2. The molecule has 1 N–H and O–H groups in total. The summed E-state index contributed by atoms with van der Waals surface area (Å²) < 4.78 is 1.99. The second-order valence-electron chi connectivity index (χ2n) is 3.12. The molecule has 4 nitrogen and oxygen atoms in total. The highest BCUT2D eigenvalue weighted by atomic mass is 16.1. The summed E-state index contributed by atoms with van der Waals surface area (Å²) in [5.41, 5.74) is 0.995. The zero-order valence-corrected chi connectivity index (χ0v) is 6.95. The lowest BCUT2D eigenvalue weighted by Gasteiger charge is -2.06. The molecule has 1 fully saturated rings. The zero-order valence-electron chi connectivity index (χ0n) is 6.95. The van der Waals surface area contributed by atoms with Crippen LogP contribution >= 0.6 is 0 Å². The highest BCUT2D eigenvalue weighted by Crippen LogP contribution is 2.15. The van der Waals surface area contributed by atoms with Crippen molar-refractivity contribution >= 4 is 5.91 Å². The van der Waals surface area contributed by atoms with Crippen molar-refractivity contribution in [3.8, 4) is 0 Å². The number of nitrogens with one attached hydrogen (secondary N) is 1. The molecule has 1 amide bonds. The lowest BCUT2D eigenvalue weighted by atomic mass is 10.2. The molecule has 0 bridgehead atoms. The van der Waals surface area contributed by atoms with E-state index >= 15 is 0 Å². The van der Waals surface area contributed by atoms with Crippen molar-refractivity contribution in [2.45, 2.75) is 19.4 Å². The minimum absolute atomic E-state index is 0.131. The van der Waals surface area contributed by atoms with Crippen LogP contribution in [-0.4, -0.2) is 22.0 Å². The van der Waals surface area contributed by atoms with Gasteiger partial charge in [0, 0.05) is 19.2 Å². The molecule has 0 aromatic carbocycles. The van der Waals surface area contributed by atoms with Crippen LogP contribution in [0.25, 0.3) is 0 Å². The van der Waals surface area contributed by atoms with Crippen LogP contribution in [0.15, 0.2) is 12.5 Å². The Bertz CT molecular complexity index is 305. The topological polar surface area (TPSA) is 46.9 Å². The number of hydrogen-bond donors (Lipinski definition) is 1. The molecule has 1 aromatic rings. The van der Waals surface area contributed by atoms with Gasteiger partial charge in [0.25, 0.3) is 0 Å². The number of rotatable bonds is 1. The van der Waals surface area contributed by atoms with E-state index in [0.29, 0.717) is 6.42 Å². The van der Waals surface area contributed by atoms with Crippen LogP contribution in [0.4, 0.5) is 0 Å². The summed E-state index contributed by atoms with van der Waals surface area (Å²) in [7, 11) is 0. The Morgan fingerprint density at radius 1 is 1.75 bits per heavy atom. The first-order chi connectivity index (χ1) is 5.75. The summed E-state index contributed by atoms with van der Waals surface area (Å²) in [5, 5.41) is 2.79. The maximum absolute atomic E-state index is 10.9. The third-order valence-corrected chi connectivity index (χ3v) is 2.11. The standard InChI is InChI=1S/C8H11N3O/c1-6-4-11(5-10-6)7-2-8(12)9-3-7/h4-5,7H,2-3H2,1H3,(H,9,12). The molecule has 12 heavy (non-hydrogen) atoms. The van der Waals surface area contributed by atoms with Crippen molar-refractivity contribution in [1.29, 1.82) is 0 Å². The number of carbonyl (C=O) groups excluding carboxylic acids is 1. The first-order valence-corrected chi connectivity index (χ1v) is 4.02. The largest absolute Gasteiger partial charge is 0.354 e. The van der Waals surface area contributed by atoms with Gasteiger partial charge in [0.15, 0.2) is 0 Å². The van der Waals surface area contributed by atoms with Gasteiger partial charge in [0.05, 0.1) is 18.1 Å². The predicted molar refractivity (Wildman–Crippen MR) is 43.6 cm³/mol. The molecule has 0 spiro atoms. The Balaban J connectivity index is 2.15. The normalized spacial score (nSPS) is 22.8. The summed E-state index contributed by atoms with van der Waals surface area (Å²) >= 11 is 0.